The predicted octanol–water partition coefficient (Wildman–Crippen LogP) is 0.214. The number of primary amides is 2. The van der Waals surface area contributed by atoms with Gasteiger partial charge in [0, 0.05) is 45.7 Å². The molecule has 0 unspecified atom stereocenters. The summed E-state index contributed by atoms with van der Waals surface area (Å²) in [6.07, 6.45) is 0.232. The second kappa shape index (κ2) is 37.1. The van der Waals surface area contributed by atoms with Crippen molar-refractivity contribution in [3.8, 4) is 22.3 Å². The van der Waals surface area contributed by atoms with Crippen LogP contribution in [-0.4, -0.2) is 125 Å². The number of hydrogen-bond donors (Lipinski definition) is 14. The van der Waals surface area contributed by atoms with Crippen molar-refractivity contribution in [2.45, 2.75) is 107 Å². The Labute approximate surface area is 481 Å². The molecule has 7 amide bonds. The highest BCUT2D eigenvalue weighted by Crippen LogP contribution is 2.21. The number of nitrogens with one attached hydrogen (secondary N) is 5. The molecule has 4 aromatic carbocycles. The Morgan fingerprint density at radius 1 is 0.432 bits per heavy atom. The van der Waals surface area contributed by atoms with E-state index in [4.69, 9.17) is 50.3 Å². The maximum Gasteiger partial charge on any atom is 0.303 e. The number of amides is 7. The number of aliphatic carboxylic acids is 2. The summed E-state index contributed by atoms with van der Waals surface area (Å²) in [7, 11) is 0. The van der Waals surface area contributed by atoms with Gasteiger partial charge in [-0.15, -0.1) is 24.8 Å². The molecule has 0 aliphatic carbocycles. The number of hydrogen-bond acceptors (Lipinski definition) is 12. The lowest BCUT2D eigenvalue weighted by Crippen LogP contribution is -2.57. The molecule has 27 heteroatoms. The molecule has 4 rings (SSSR count). The van der Waals surface area contributed by atoms with Crippen molar-refractivity contribution in [2.24, 2.45) is 50.1 Å². The van der Waals surface area contributed by atoms with Crippen LogP contribution in [-0.2, 0) is 56.0 Å². The molecule has 0 aliphatic rings. The van der Waals surface area contributed by atoms with Gasteiger partial charge in [0.1, 0.15) is 30.2 Å². The Morgan fingerprint density at radius 3 is 1.11 bits per heavy atom. The van der Waals surface area contributed by atoms with E-state index in [1.54, 1.807) is 0 Å². The van der Waals surface area contributed by atoms with E-state index in [2.05, 4.69) is 36.6 Å². The molecule has 0 aliphatic heterocycles. The molecular formula is C54H74Cl2N14O11. The Hall–Kier alpha value is -8.81. The fourth-order valence-electron chi connectivity index (χ4n) is 7.68. The fraction of sp³-hybridized carbons (Fsp3) is 0.352. The van der Waals surface area contributed by atoms with Crippen molar-refractivity contribution in [3.05, 3.63) is 120 Å². The summed E-state index contributed by atoms with van der Waals surface area (Å²) in [6.45, 7) is 1.66. The molecule has 21 N–H and O–H groups in total. The number of carbonyl (C=O) groups is 9. The Kier molecular flexibility index (Phi) is 32.2. The molecule has 0 fully saturated rings. The van der Waals surface area contributed by atoms with Gasteiger partial charge in [0.15, 0.2) is 11.9 Å². The minimum absolute atomic E-state index is 0. The second-order valence-corrected chi connectivity index (χ2v) is 18.2. The number of benzene rings is 4. The van der Waals surface area contributed by atoms with Gasteiger partial charge in [-0.1, -0.05) is 109 Å². The van der Waals surface area contributed by atoms with E-state index >= 15 is 0 Å². The van der Waals surface area contributed by atoms with Crippen LogP contribution in [0.1, 0.15) is 69.4 Å². The van der Waals surface area contributed by atoms with Crippen LogP contribution in [0.4, 0.5) is 0 Å². The lowest BCUT2D eigenvalue weighted by Gasteiger charge is -2.24. The topological polar surface area (TPSA) is 461 Å². The van der Waals surface area contributed by atoms with E-state index in [1.165, 1.54) is 6.92 Å². The molecule has 0 saturated heterocycles. The first-order valence-electron chi connectivity index (χ1n) is 25.2. The monoisotopic (exact) mass is 1160 g/mol. The normalized spacial score (nSPS) is 12.5. The summed E-state index contributed by atoms with van der Waals surface area (Å²) in [5.41, 5.74) is 43.4. The van der Waals surface area contributed by atoms with Crippen molar-refractivity contribution >= 4 is 90.0 Å². The van der Waals surface area contributed by atoms with Gasteiger partial charge in [-0.05, 0) is 71.9 Å². The average molecular weight is 1170 g/mol. The zero-order valence-corrected chi connectivity index (χ0v) is 46.3. The molecule has 25 nitrogen and oxygen atoms in total. The van der Waals surface area contributed by atoms with Crippen LogP contribution in [0.25, 0.3) is 22.3 Å². The molecule has 0 spiro atoms. The van der Waals surface area contributed by atoms with Crippen molar-refractivity contribution in [2.75, 3.05) is 13.1 Å². The lowest BCUT2D eigenvalue weighted by atomic mass is 9.99. The summed E-state index contributed by atoms with van der Waals surface area (Å²) >= 11 is 0. The number of guanidine groups is 2. The maximum absolute atomic E-state index is 13.4. The third kappa shape index (κ3) is 27.6. The molecule has 0 aromatic heterocycles. The number of rotatable bonds is 31. The third-order valence-corrected chi connectivity index (χ3v) is 11.8. The third-order valence-electron chi connectivity index (χ3n) is 11.8. The van der Waals surface area contributed by atoms with E-state index < -0.39 is 89.5 Å². The zero-order chi connectivity index (χ0) is 58.4. The number of halogens is 2. The van der Waals surface area contributed by atoms with Gasteiger partial charge in [0.05, 0.1) is 6.04 Å². The van der Waals surface area contributed by atoms with Gasteiger partial charge in [-0.25, -0.2) is 0 Å². The average Bonchev–Trinajstić information content (AvgIpc) is 3.41. The van der Waals surface area contributed by atoms with Crippen LogP contribution in [0, 0.1) is 0 Å². The van der Waals surface area contributed by atoms with Gasteiger partial charge < -0.3 is 76.9 Å². The van der Waals surface area contributed by atoms with Crippen LogP contribution in [0.15, 0.2) is 119 Å². The number of aliphatic imine (C=N–C) groups is 2. The number of carboxylic acids is 2. The largest absolute Gasteiger partial charge is 0.481 e. The minimum atomic E-state index is -1.19. The molecular weight excluding hydrogens is 1090 g/mol. The summed E-state index contributed by atoms with van der Waals surface area (Å²) in [6, 6.07) is 27.6. The summed E-state index contributed by atoms with van der Waals surface area (Å²) in [4.78, 5) is 118. The van der Waals surface area contributed by atoms with E-state index in [-0.39, 0.29) is 101 Å². The molecule has 4 aromatic rings. The lowest BCUT2D eigenvalue weighted by molar-refractivity contribution is -0.139. The summed E-state index contributed by atoms with van der Waals surface area (Å²) in [5.74, 6) is -7.26. The number of nitrogens with zero attached hydrogens (tertiary/aromatic N) is 2. The summed E-state index contributed by atoms with van der Waals surface area (Å²) < 4.78 is 0. The second-order valence-electron chi connectivity index (χ2n) is 18.2. The van der Waals surface area contributed by atoms with Crippen LogP contribution < -0.4 is 66.7 Å². The van der Waals surface area contributed by atoms with E-state index in [0.29, 0.717) is 18.4 Å². The number of nitrogens with two attached hydrogens (primary N) is 7. The van der Waals surface area contributed by atoms with Crippen molar-refractivity contribution in [1.82, 2.24) is 26.6 Å². The Bertz CT molecular complexity index is 2730. The first kappa shape index (κ1) is 70.2. The highest BCUT2D eigenvalue weighted by atomic mass is 35.5. The number of carbonyl (C=O) groups excluding carboxylic acids is 7. The van der Waals surface area contributed by atoms with E-state index in [0.717, 1.165) is 27.8 Å². The van der Waals surface area contributed by atoms with Gasteiger partial charge in [-0.2, -0.15) is 0 Å². The van der Waals surface area contributed by atoms with Gasteiger partial charge >= 0.3 is 11.9 Å². The molecule has 0 saturated carbocycles. The first-order valence-corrected chi connectivity index (χ1v) is 25.2. The van der Waals surface area contributed by atoms with Gasteiger partial charge in [0.2, 0.25) is 41.4 Å². The zero-order valence-electron chi connectivity index (χ0n) is 44.7. The highest BCUT2D eigenvalue weighted by Gasteiger charge is 2.30. The Balaban J connectivity index is 0.000000793. The molecule has 6 atom stereocenters. The summed E-state index contributed by atoms with van der Waals surface area (Å²) in [5, 5.41) is 30.7. The highest BCUT2D eigenvalue weighted by molar-refractivity contribution is 5.95. The standard InChI is InChI=1S/C28H37N7O6.C26H35N7O5.2ClH/c1-17(36)33-22(13-14-24(37)38)26(40)35-23(27(41)34-21(25(29)39)8-5-15-32-28(30)31)16-18-9-11-20(12-10-18)19-6-3-2-4-7-19;27-19(12-13-22(34)35)24(37)33-21(25(38)32-20(23(28)36)7-4-14-31-26(29)30)15-16-8-10-18(11-9-16)17-5-2-1-3-6-17;;/h2-4,6-7,9-12,21-23H,5,8,13-16H2,1H3,(H2,29,39)(H,33,36)(H,34,41)(H,35,40)(H,37,38)(H4,30,31,32);1-3,5-6,8-11,19-21H,4,7,12-15,27H2,(H2,28,36)(H,32,38)(H,33,37)(H,34,35)(H4,29,30,31);2*1H/t21-,22-,23-;19-,20-,21-;;/m11../s1. The van der Waals surface area contributed by atoms with Crippen LogP contribution in [0.2, 0.25) is 0 Å². The van der Waals surface area contributed by atoms with Crippen LogP contribution >= 0.6 is 24.8 Å². The molecule has 440 valence electrons. The molecule has 0 radical (unpaired) electrons. The maximum atomic E-state index is 13.4. The van der Waals surface area contributed by atoms with E-state index in [1.807, 2.05) is 109 Å². The number of carboxylic acid groups (broad SMARTS) is 2. The van der Waals surface area contributed by atoms with Crippen molar-refractivity contribution < 1.29 is 53.4 Å². The Morgan fingerprint density at radius 2 is 0.765 bits per heavy atom. The SMILES string of the molecule is CC(=O)N[C@H](CCC(=O)O)C(=O)N[C@H](Cc1ccc(-c2ccccc2)cc1)C(=O)N[C@H](CCCN=C(N)N)C(N)=O.Cl.Cl.NC(=O)[C@@H](CCCN=C(N)N)NC(=O)[C@@H](Cc1ccc(-c2ccccc2)cc1)NC(=O)[C@H](N)CCC(=O)O. The predicted molar refractivity (Wildman–Crippen MR) is 311 cm³/mol. The van der Waals surface area contributed by atoms with Crippen molar-refractivity contribution in [3.63, 3.8) is 0 Å². The smallest absolute Gasteiger partial charge is 0.303 e. The first-order chi connectivity index (χ1) is 37.5. The van der Waals surface area contributed by atoms with Crippen LogP contribution in [0.3, 0.4) is 0 Å². The quantitative estimate of drug-likeness (QED) is 0.0182. The van der Waals surface area contributed by atoms with E-state index in [9.17, 15) is 43.2 Å². The van der Waals surface area contributed by atoms with Gasteiger partial charge in [0.25, 0.3) is 0 Å². The van der Waals surface area contributed by atoms with Crippen LogP contribution in [0.5, 0.6) is 0 Å². The van der Waals surface area contributed by atoms with Crippen molar-refractivity contribution in [1.29, 1.82) is 0 Å². The molecule has 81 heavy (non-hydrogen) atoms. The molecule has 0 heterocycles. The fourth-order valence-corrected chi connectivity index (χ4v) is 7.68. The molecule has 0 bridgehead atoms. The van der Waals surface area contributed by atoms with Gasteiger partial charge in [-0.3, -0.25) is 53.1 Å². The minimum Gasteiger partial charge on any atom is -0.481 e.